The molecule has 0 fully saturated rings. The van der Waals surface area contributed by atoms with Crippen LogP contribution in [0.25, 0.3) is 21.5 Å². The number of amidine groups is 2. The summed E-state index contributed by atoms with van der Waals surface area (Å²) in [6.07, 6.45) is 9.52. The van der Waals surface area contributed by atoms with Crippen molar-refractivity contribution < 1.29 is 9.01 Å². The average Bonchev–Trinajstić information content (AvgIpc) is 3.70. The minimum absolute atomic E-state index is 0.563. The van der Waals surface area contributed by atoms with Gasteiger partial charge in [0.2, 0.25) is 0 Å². The van der Waals surface area contributed by atoms with E-state index in [1.54, 1.807) is 0 Å². The zero-order valence-corrected chi connectivity index (χ0v) is 27.4. The van der Waals surface area contributed by atoms with Gasteiger partial charge in [0.05, 0.1) is 0 Å². The van der Waals surface area contributed by atoms with Crippen molar-refractivity contribution in [1.82, 2.24) is 8.96 Å². The normalized spacial score (nSPS) is 14.6. The summed E-state index contributed by atoms with van der Waals surface area (Å²) in [5, 5.41) is 3.86. The Hall–Kier alpha value is -4.07. The highest BCUT2D eigenvalue weighted by atomic mass is 31.2. The lowest BCUT2D eigenvalue weighted by Crippen LogP contribution is -2.50. The second-order valence-electron chi connectivity index (χ2n) is 12.6. The summed E-state index contributed by atoms with van der Waals surface area (Å²) in [5.74, 6) is 2.67. The lowest BCUT2D eigenvalue weighted by molar-refractivity contribution is 0.464. The molecule has 0 aliphatic carbocycles. The Balaban J connectivity index is 1.42. The van der Waals surface area contributed by atoms with Gasteiger partial charge >= 0.3 is 7.19 Å². The summed E-state index contributed by atoms with van der Waals surface area (Å²) >= 11 is 0. The Labute approximate surface area is 269 Å². The molecular formula is C36H38BN6O2P. The van der Waals surface area contributed by atoms with Crippen LogP contribution in [0.3, 0.4) is 0 Å². The van der Waals surface area contributed by atoms with Crippen molar-refractivity contribution in [3.63, 3.8) is 0 Å². The summed E-state index contributed by atoms with van der Waals surface area (Å²) in [7, 11) is -3.87. The summed E-state index contributed by atoms with van der Waals surface area (Å²) in [6, 6.07) is 24.6. The largest absolute Gasteiger partial charge is 0.568 e. The molecule has 10 heteroatoms. The van der Waals surface area contributed by atoms with Crippen LogP contribution in [0, 0.1) is 0 Å². The van der Waals surface area contributed by atoms with Crippen LogP contribution in [-0.4, -0.2) is 40.1 Å². The van der Waals surface area contributed by atoms with Gasteiger partial charge in [0.15, 0.2) is 19.0 Å². The van der Waals surface area contributed by atoms with Crippen molar-refractivity contribution in [3.05, 3.63) is 94.9 Å². The van der Waals surface area contributed by atoms with Crippen molar-refractivity contribution in [2.75, 3.05) is 12.3 Å². The summed E-state index contributed by atoms with van der Waals surface area (Å²) in [6.45, 7) is 4.41. The van der Waals surface area contributed by atoms with Crippen LogP contribution in [0.5, 0.6) is 0 Å². The van der Waals surface area contributed by atoms with E-state index in [4.69, 9.17) is 24.4 Å². The maximum atomic E-state index is 15.1. The predicted octanol–water partition coefficient (Wildman–Crippen LogP) is 8.17. The van der Waals surface area contributed by atoms with E-state index in [9.17, 15) is 0 Å². The quantitative estimate of drug-likeness (QED) is 0.0793. The number of aliphatic imine (C=N–C) groups is 2. The molecule has 0 atom stereocenters. The molecule has 4 bridgehead atoms. The molecule has 5 heterocycles. The number of benzene rings is 3. The molecule has 0 radical (unpaired) electrons. The highest BCUT2D eigenvalue weighted by molar-refractivity contribution is 7.60. The summed E-state index contributed by atoms with van der Waals surface area (Å²) in [5.41, 5.74) is 3.33. The third kappa shape index (κ3) is 4.83. The summed E-state index contributed by atoms with van der Waals surface area (Å²) < 4.78 is 26.3. The zero-order valence-electron chi connectivity index (χ0n) is 26.5. The molecule has 0 spiro atoms. The number of nitrogens with zero attached hydrogens (tertiary/aromatic N) is 6. The van der Waals surface area contributed by atoms with Gasteiger partial charge in [-0.1, -0.05) is 125 Å². The molecule has 46 heavy (non-hydrogen) atoms. The van der Waals surface area contributed by atoms with Gasteiger partial charge in [-0.15, -0.1) is 0 Å². The molecule has 0 N–H and O–H groups in total. The van der Waals surface area contributed by atoms with Crippen LogP contribution < -0.4 is 11.0 Å². The Morgan fingerprint density at radius 2 is 1.09 bits per heavy atom. The third-order valence-corrected chi connectivity index (χ3v) is 12.0. The van der Waals surface area contributed by atoms with Gasteiger partial charge in [-0.25, -0.2) is 20.0 Å². The van der Waals surface area contributed by atoms with Crippen LogP contribution in [0.15, 0.2) is 92.8 Å². The monoisotopic (exact) mass is 628 g/mol. The van der Waals surface area contributed by atoms with Crippen molar-refractivity contribution in [2.45, 2.75) is 65.2 Å². The SMILES string of the molecule is CCCCCCP(=O)(CCCCCC)OB1n2c3c4ccccc4c2N=c2c4ccccc4c(n21)=NC1=NC(=N3)c2ccccc21. The fraction of sp³-hybridized carbons (Fsp3) is 0.333. The van der Waals surface area contributed by atoms with Gasteiger partial charge in [0.1, 0.15) is 22.6 Å². The molecule has 0 unspecified atom stereocenters. The van der Waals surface area contributed by atoms with Crippen LogP contribution in [0.2, 0.25) is 0 Å². The van der Waals surface area contributed by atoms with E-state index in [-0.39, 0.29) is 0 Å². The minimum Gasteiger partial charge on any atom is -0.346 e. The molecule has 232 valence electrons. The maximum Gasteiger partial charge on any atom is 0.568 e. The topological polar surface area (TPSA) is 85.6 Å². The first-order valence-electron chi connectivity index (χ1n) is 16.8. The van der Waals surface area contributed by atoms with Gasteiger partial charge < -0.3 is 13.4 Å². The fourth-order valence-corrected chi connectivity index (χ4v) is 9.44. The van der Waals surface area contributed by atoms with Gasteiger partial charge in [0.25, 0.3) is 0 Å². The van der Waals surface area contributed by atoms with Crippen molar-refractivity contribution in [2.24, 2.45) is 20.0 Å². The highest BCUT2D eigenvalue weighted by Crippen LogP contribution is 2.51. The van der Waals surface area contributed by atoms with Crippen LogP contribution in [0.1, 0.15) is 76.3 Å². The molecule has 5 aromatic rings. The van der Waals surface area contributed by atoms with Gasteiger partial charge in [-0.2, -0.15) is 0 Å². The van der Waals surface area contributed by atoms with Crippen molar-refractivity contribution in [3.8, 4) is 0 Å². The predicted molar refractivity (Wildman–Crippen MR) is 188 cm³/mol. The molecule has 0 saturated heterocycles. The second-order valence-corrected chi connectivity index (χ2v) is 15.3. The van der Waals surface area contributed by atoms with E-state index in [1.807, 2.05) is 36.4 Å². The Bertz CT molecular complexity index is 2220. The lowest BCUT2D eigenvalue weighted by Gasteiger charge is -2.27. The molecular weight excluding hydrogens is 590 g/mol. The fourth-order valence-electron chi connectivity index (χ4n) is 7.06. The molecule has 2 aromatic heterocycles. The van der Waals surface area contributed by atoms with E-state index in [2.05, 4.69) is 59.2 Å². The van der Waals surface area contributed by atoms with Crippen LogP contribution in [-0.2, 0) is 9.01 Å². The smallest absolute Gasteiger partial charge is 0.346 e. The average molecular weight is 629 g/mol. The first-order chi connectivity index (χ1) is 22.6. The lowest BCUT2D eigenvalue weighted by atomic mass is 10.00. The highest BCUT2D eigenvalue weighted by Gasteiger charge is 2.42. The number of fused-ring (bicyclic) bond motifs is 10. The first kappa shape index (κ1) is 29.3. The summed E-state index contributed by atoms with van der Waals surface area (Å²) in [4.78, 5) is 20.8. The van der Waals surface area contributed by atoms with E-state index in [1.165, 1.54) is 0 Å². The number of hydrogen-bond acceptors (Lipinski definition) is 6. The molecule has 0 saturated carbocycles. The minimum atomic E-state index is -3.09. The Kier molecular flexibility index (Phi) is 7.62. The zero-order chi connectivity index (χ0) is 31.3. The third-order valence-electron chi connectivity index (χ3n) is 9.42. The van der Waals surface area contributed by atoms with Crippen LogP contribution >= 0.6 is 7.37 Å². The van der Waals surface area contributed by atoms with E-state index in [0.29, 0.717) is 35.3 Å². The number of hydrogen-bond donors (Lipinski definition) is 0. The molecule has 8 rings (SSSR count). The van der Waals surface area contributed by atoms with E-state index >= 15 is 4.57 Å². The van der Waals surface area contributed by atoms with E-state index < -0.39 is 14.6 Å². The Morgan fingerprint density at radius 3 is 1.67 bits per heavy atom. The van der Waals surface area contributed by atoms with Gasteiger partial charge in [-0.05, 0) is 12.8 Å². The van der Waals surface area contributed by atoms with Gasteiger partial charge in [-0.3, -0.25) is 4.57 Å². The molecule has 0 amide bonds. The Morgan fingerprint density at radius 1 is 0.587 bits per heavy atom. The molecule has 8 nitrogen and oxygen atoms in total. The van der Waals surface area contributed by atoms with E-state index in [0.717, 1.165) is 95.3 Å². The van der Waals surface area contributed by atoms with Gasteiger partial charge in [0, 0.05) is 45.0 Å². The maximum absolute atomic E-state index is 15.1. The standard InChI is InChI=1S/C36H38BN6O2P/c1-3-5-7-15-23-46(44,24-16-8-6-4-2)45-37-42-33-27-19-11-13-21-29(27)35(42)41-36-30-22-14-12-20-28(30)34(43(36)37)40-32-26-18-10-9-17-25(26)31(38-32)39-33/h9-14,17-22H,3-8,15-16,23-24H2,1-2H3. The second kappa shape index (κ2) is 11.9. The van der Waals surface area contributed by atoms with Crippen molar-refractivity contribution in [1.29, 1.82) is 0 Å². The first-order valence-corrected chi connectivity index (χ1v) is 18.8. The molecule has 3 aromatic carbocycles. The number of aromatic nitrogens is 2. The van der Waals surface area contributed by atoms with Crippen molar-refractivity contribution >= 4 is 59.4 Å². The number of unbranched alkanes of at least 4 members (excludes halogenated alkanes) is 6. The molecule has 3 aliphatic heterocycles. The van der Waals surface area contributed by atoms with Crippen LogP contribution in [0.4, 0.5) is 11.6 Å². The number of rotatable bonds is 12. The molecule has 3 aliphatic rings.